The lowest BCUT2D eigenvalue weighted by Crippen LogP contribution is -2.42. The van der Waals surface area contributed by atoms with Crippen LogP contribution in [0.2, 0.25) is 0 Å². The maximum Gasteiger partial charge on any atom is 0.0622 e. The van der Waals surface area contributed by atoms with Crippen molar-refractivity contribution in [3.63, 3.8) is 0 Å². The molecule has 2 unspecified atom stereocenters. The topological polar surface area (TPSA) is 12.5 Å². The minimum absolute atomic E-state index is 0.687. The Morgan fingerprint density at radius 2 is 2.08 bits per heavy atom. The molecule has 0 aliphatic carbocycles. The Morgan fingerprint density at radius 1 is 1.23 bits per heavy atom. The van der Waals surface area contributed by atoms with Gasteiger partial charge in [-0.3, -0.25) is 4.90 Å². The van der Waals surface area contributed by atoms with Crippen LogP contribution in [0.4, 0.5) is 0 Å². The fourth-order valence-corrected chi connectivity index (χ4v) is 2.66. The van der Waals surface area contributed by atoms with Crippen molar-refractivity contribution in [1.82, 2.24) is 4.90 Å². The molecule has 2 nitrogen and oxygen atoms in total. The lowest BCUT2D eigenvalue weighted by molar-refractivity contribution is 0.0714. The monoisotopic (exact) mass is 183 g/mol. The number of fused-ring (bicyclic) bond motifs is 3. The van der Waals surface area contributed by atoms with E-state index in [0.717, 1.165) is 19.1 Å². The van der Waals surface area contributed by atoms with Crippen LogP contribution in [0.1, 0.15) is 33.1 Å². The van der Waals surface area contributed by atoms with Crippen LogP contribution in [0.3, 0.4) is 0 Å². The van der Waals surface area contributed by atoms with E-state index < -0.39 is 0 Å². The Balaban J connectivity index is 2.09. The molecule has 0 aromatic rings. The maximum absolute atomic E-state index is 5.70. The first-order valence-electron chi connectivity index (χ1n) is 5.61. The number of ether oxygens (including phenoxy) is 1. The molecule has 0 saturated carbocycles. The van der Waals surface area contributed by atoms with Crippen LogP contribution in [0.5, 0.6) is 0 Å². The van der Waals surface area contributed by atoms with Crippen LogP contribution in [0, 0.1) is 5.92 Å². The quantitative estimate of drug-likeness (QED) is 0.615. The SMILES string of the molecule is CC(C)N1CC2CCCC1COC2. The van der Waals surface area contributed by atoms with Crippen molar-refractivity contribution in [3.05, 3.63) is 0 Å². The molecule has 2 rings (SSSR count). The molecular formula is C11H21NO. The van der Waals surface area contributed by atoms with Gasteiger partial charge in [0.15, 0.2) is 0 Å². The van der Waals surface area contributed by atoms with E-state index >= 15 is 0 Å². The molecule has 2 heterocycles. The average Bonchev–Trinajstić information content (AvgIpc) is 2.32. The van der Waals surface area contributed by atoms with Crippen LogP contribution < -0.4 is 0 Å². The van der Waals surface area contributed by atoms with Crippen molar-refractivity contribution in [3.8, 4) is 0 Å². The molecule has 76 valence electrons. The second kappa shape index (κ2) is 3.97. The lowest BCUT2D eigenvalue weighted by Gasteiger charge is -2.31. The van der Waals surface area contributed by atoms with Crippen molar-refractivity contribution in [2.24, 2.45) is 5.92 Å². The molecule has 13 heavy (non-hydrogen) atoms. The van der Waals surface area contributed by atoms with Crippen molar-refractivity contribution in [2.75, 3.05) is 19.8 Å². The molecule has 2 atom stereocenters. The second-order valence-electron chi connectivity index (χ2n) is 4.78. The Bertz CT molecular complexity index is 159. The van der Waals surface area contributed by atoms with Crippen molar-refractivity contribution < 1.29 is 4.74 Å². The van der Waals surface area contributed by atoms with Crippen LogP contribution in [0.15, 0.2) is 0 Å². The summed E-state index contributed by atoms with van der Waals surface area (Å²) in [6.07, 6.45) is 4.12. The Labute approximate surface area is 81.3 Å². The van der Waals surface area contributed by atoms with E-state index in [1.165, 1.54) is 25.8 Å². The highest BCUT2D eigenvalue weighted by atomic mass is 16.5. The van der Waals surface area contributed by atoms with E-state index in [2.05, 4.69) is 18.7 Å². The highest BCUT2D eigenvalue weighted by molar-refractivity contribution is 4.83. The van der Waals surface area contributed by atoms with Crippen LogP contribution >= 0.6 is 0 Å². The maximum atomic E-state index is 5.70. The highest BCUT2D eigenvalue weighted by Crippen LogP contribution is 2.26. The van der Waals surface area contributed by atoms with E-state index in [-0.39, 0.29) is 0 Å². The normalized spacial score (nSPS) is 36.2. The molecule has 0 aromatic heterocycles. The molecule has 2 saturated heterocycles. The number of hydrogen-bond donors (Lipinski definition) is 0. The van der Waals surface area contributed by atoms with Crippen LogP contribution in [0.25, 0.3) is 0 Å². The van der Waals surface area contributed by atoms with E-state index in [0.29, 0.717) is 12.1 Å². The van der Waals surface area contributed by atoms with Gasteiger partial charge in [-0.05, 0) is 32.6 Å². The molecule has 0 N–H and O–H groups in total. The first-order valence-corrected chi connectivity index (χ1v) is 5.61. The van der Waals surface area contributed by atoms with Gasteiger partial charge in [0.2, 0.25) is 0 Å². The molecule has 2 aliphatic rings. The molecule has 2 bridgehead atoms. The third-order valence-electron chi connectivity index (χ3n) is 3.41. The van der Waals surface area contributed by atoms with Gasteiger partial charge in [-0.2, -0.15) is 0 Å². The van der Waals surface area contributed by atoms with E-state index in [1.807, 2.05) is 0 Å². The van der Waals surface area contributed by atoms with Gasteiger partial charge in [-0.15, -0.1) is 0 Å². The fraction of sp³-hybridized carbons (Fsp3) is 1.00. The van der Waals surface area contributed by atoms with E-state index in [9.17, 15) is 0 Å². The summed E-state index contributed by atoms with van der Waals surface area (Å²) in [5.74, 6) is 0.801. The van der Waals surface area contributed by atoms with Crippen molar-refractivity contribution in [1.29, 1.82) is 0 Å². The molecule has 0 amide bonds. The standard InChI is InChI=1S/C11H21NO/c1-9(2)12-6-10-4-3-5-11(12)8-13-7-10/h9-11H,3-8H2,1-2H3. The summed E-state index contributed by atoms with van der Waals surface area (Å²) in [5.41, 5.74) is 0. The fourth-order valence-electron chi connectivity index (χ4n) is 2.66. The summed E-state index contributed by atoms with van der Waals surface area (Å²) in [6.45, 7) is 7.85. The zero-order chi connectivity index (χ0) is 9.26. The summed E-state index contributed by atoms with van der Waals surface area (Å²) in [7, 11) is 0. The minimum Gasteiger partial charge on any atom is -0.379 e. The Hall–Kier alpha value is -0.0800. The first-order chi connectivity index (χ1) is 6.27. The first kappa shape index (κ1) is 9.47. The van der Waals surface area contributed by atoms with Crippen LogP contribution in [-0.4, -0.2) is 36.7 Å². The highest BCUT2D eigenvalue weighted by Gasteiger charge is 2.30. The Morgan fingerprint density at radius 3 is 2.85 bits per heavy atom. The molecule has 0 radical (unpaired) electrons. The zero-order valence-corrected chi connectivity index (χ0v) is 8.83. The van der Waals surface area contributed by atoms with Gasteiger partial charge in [0.1, 0.15) is 0 Å². The van der Waals surface area contributed by atoms with Gasteiger partial charge in [0, 0.05) is 18.6 Å². The summed E-state index contributed by atoms with van der Waals surface area (Å²) in [6, 6.07) is 1.39. The van der Waals surface area contributed by atoms with Crippen LogP contribution in [-0.2, 0) is 4.74 Å². The van der Waals surface area contributed by atoms with Gasteiger partial charge in [0.25, 0.3) is 0 Å². The molecule has 0 aromatic carbocycles. The molecule has 2 fully saturated rings. The van der Waals surface area contributed by atoms with Gasteiger partial charge >= 0.3 is 0 Å². The third-order valence-corrected chi connectivity index (χ3v) is 3.41. The predicted octanol–water partition coefficient (Wildman–Crippen LogP) is 1.90. The van der Waals surface area contributed by atoms with E-state index in [1.54, 1.807) is 0 Å². The average molecular weight is 183 g/mol. The smallest absolute Gasteiger partial charge is 0.0622 e. The number of hydrogen-bond acceptors (Lipinski definition) is 2. The molecule has 2 heteroatoms. The third kappa shape index (κ3) is 2.05. The van der Waals surface area contributed by atoms with Gasteiger partial charge in [0.05, 0.1) is 13.2 Å². The summed E-state index contributed by atoms with van der Waals surface area (Å²) in [5, 5.41) is 0. The summed E-state index contributed by atoms with van der Waals surface area (Å²) in [4.78, 5) is 2.64. The summed E-state index contributed by atoms with van der Waals surface area (Å²) >= 11 is 0. The number of rotatable bonds is 1. The number of nitrogens with zero attached hydrogens (tertiary/aromatic N) is 1. The zero-order valence-electron chi connectivity index (χ0n) is 8.83. The minimum atomic E-state index is 0.687. The lowest BCUT2D eigenvalue weighted by atomic mass is 10.0. The van der Waals surface area contributed by atoms with E-state index in [4.69, 9.17) is 4.74 Å². The molecular weight excluding hydrogens is 162 g/mol. The Kier molecular flexibility index (Phi) is 2.89. The van der Waals surface area contributed by atoms with Crippen molar-refractivity contribution in [2.45, 2.75) is 45.2 Å². The molecule has 2 aliphatic heterocycles. The summed E-state index contributed by atoms with van der Waals surface area (Å²) < 4.78 is 5.70. The largest absolute Gasteiger partial charge is 0.379 e. The van der Waals surface area contributed by atoms with Crippen molar-refractivity contribution >= 4 is 0 Å². The predicted molar refractivity (Wildman–Crippen MR) is 53.8 cm³/mol. The second-order valence-corrected chi connectivity index (χ2v) is 4.78. The molecule has 0 spiro atoms. The van der Waals surface area contributed by atoms with Gasteiger partial charge < -0.3 is 4.74 Å². The van der Waals surface area contributed by atoms with Gasteiger partial charge in [-0.25, -0.2) is 0 Å². The van der Waals surface area contributed by atoms with Gasteiger partial charge in [-0.1, -0.05) is 6.42 Å².